The van der Waals surface area contributed by atoms with Gasteiger partial charge in [0.1, 0.15) is 16.7 Å². The van der Waals surface area contributed by atoms with Crippen LogP contribution < -0.4 is 0 Å². The summed E-state index contributed by atoms with van der Waals surface area (Å²) in [6.07, 6.45) is 19.6. The maximum absolute atomic E-state index is 12.3. The molecule has 0 aliphatic heterocycles. The van der Waals surface area contributed by atoms with Crippen LogP contribution in [0.5, 0.6) is 0 Å². The summed E-state index contributed by atoms with van der Waals surface area (Å²) >= 11 is 0. The molecule has 4 nitrogen and oxygen atoms in total. The van der Waals surface area contributed by atoms with E-state index in [1.54, 1.807) is 12.1 Å². The van der Waals surface area contributed by atoms with Crippen molar-refractivity contribution in [1.82, 2.24) is 0 Å². The van der Waals surface area contributed by atoms with Gasteiger partial charge in [0, 0.05) is 0 Å². The minimum Gasteiger partial charge on any atom is -0.462 e. The fraction of sp³-hybridized carbons (Fsp3) is 0.692. The molecule has 4 heteroatoms. The van der Waals surface area contributed by atoms with Crippen molar-refractivity contribution in [2.75, 3.05) is 6.61 Å². The Kier molecular flexibility index (Phi) is 11.6. The normalized spacial score (nSPS) is 11.4. The topological polar surface area (TPSA) is 56.5 Å². The molecule has 0 amide bonds. The number of benzene rings is 1. The Labute approximate surface area is 182 Å². The van der Waals surface area contributed by atoms with E-state index in [0.717, 1.165) is 12.8 Å². The lowest BCUT2D eigenvalue weighted by molar-refractivity contribution is 0.0497. The first kappa shape index (κ1) is 24.4. The Bertz CT molecular complexity index is 730. The van der Waals surface area contributed by atoms with Crippen molar-refractivity contribution in [3.63, 3.8) is 0 Å². The van der Waals surface area contributed by atoms with Crippen LogP contribution in [-0.2, 0) is 4.74 Å². The van der Waals surface area contributed by atoms with Gasteiger partial charge in [-0.3, -0.25) is 4.79 Å². The van der Waals surface area contributed by atoms with E-state index in [4.69, 9.17) is 9.15 Å². The van der Waals surface area contributed by atoms with E-state index in [9.17, 15) is 9.59 Å². The summed E-state index contributed by atoms with van der Waals surface area (Å²) in [7, 11) is 0. The number of unbranched alkanes of at least 4 members (excludes halogenated alkanes) is 14. The van der Waals surface area contributed by atoms with Crippen LogP contribution in [0.15, 0.2) is 16.5 Å². The number of ketones is 1. The van der Waals surface area contributed by atoms with Gasteiger partial charge in [-0.1, -0.05) is 96.8 Å². The Hall–Kier alpha value is -1.84. The van der Waals surface area contributed by atoms with E-state index in [2.05, 4.69) is 6.92 Å². The number of carbonyl (C=O) groups excluding carboxylic acids is 2. The van der Waals surface area contributed by atoms with Gasteiger partial charge in [0.25, 0.3) is 0 Å². The van der Waals surface area contributed by atoms with Gasteiger partial charge in [-0.15, -0.1) is 0 Å². The predicted molar refractivity (Wildman–Crippen MR) is 123 cm³/mol. The molecule has 168 valence electrons. The van der Waals surface area contributed by atoms with Crippen molar-refractivity contribution < 1.29 is 18.7 Å². The zero-order valence-corrected chi connectivity index (χ0v) is 19.1. The lowest BCUT2D eigenvalue weighted by Crippen LogP contribution is -2.10. The lowest BCUT2D eigenvalue weighted by atomic mass is 10.0. The highest BCUT2D eigenvalue weighted by atomic mass is 16.5. The molecule has 0 fully saturated rings. The number of ether oxygens (including phenoxy) is 1. The number of hydrogen-bond donors (Lipinski definition) is 0. The van der Waals surface area contributed by atoms with E-state index < -0.39 is 5.97 Å². The van der Waals surface area contributed by atoms with Gasteiger partial charge in [0.15, 0.2) is 5.78 Å². The van der Waals surface area contributed by atoms with Crippen molar-refractivity contribution in [3.8, 4) is 0 Å². The van der Waals surface area contributed by atoms with Crippen LogP contribution in [-0.4, -0.2) is 18.4 Å². The van der Waals surface area contributed by atoms with E-state index in [0.29, 0.717) is 28.9 Å². The second-order valence-corrected chi connectivity index (χ2v) is 8.56. The molecule has 0 N–H and O–H groups in total. The van der Waals surface area contributed by atoms with E-state index >= 15 is 0 Å². The van der Waals surface area contributed by atoms with Crippen LogP contribution in [0.2, 0.25) is 0 Å². The number of carbonyl (C=O) groups is 2. The Morgan fingerprint density at radius 3 is 1.60 bits per heavy atom. The van der Waals surface area contributed by atoms with Crippen molar-refractivity contribution in [1.29, 1.82) is 0 Å². The van der Waals surface area contributed by atoms with Crippen LogP contribution in [0.4, 0.5) is 0 Å². The van der Waals surface area contributed by atoms with E-state index in [1.165, 1.54) is 90.4 Å². The van der Waals surface area contributed by atoms with Gasteiger partial charge < -0.3 is 9.15 Å². The second kappa shape index (κ2) is 14.2. The van der Waals surface area contributed by atoms with Crippen molar-refractivity contribution >= 4 is 22.9 Å². The monoisotopic (exact) mass is 416 g/mol. The summed E-state index contributed by atoms with van der Waals surface area (Å²) in [6.45, 7) is 4.12. The van der Waals surface area contributed by atoms with Gasteiger partial charge in [-0.05, 0) is 25.5 Å². The number of Topliss-reactive ketones (excluding diaryl/α,β-unsaturated/α-hetero) is 1. The zero-order valence-electron chi connectivity index (χ0n) is 19.1. The SMILES string of the molecule is CCCCCCCCCCCCCCCCCOC(=O)c1c(C(C)=O)c2ccc1o2. The molecule has 2 heterocycles. The van der Waals surface area contributed by atoms with Gasteiger partial charge in [0.2, 0.25) is 0 Å². The number of fused-ring (bicyclic) bond motifs is 2. The molecule has 2 aromatic heterocycles. The summed E-state index contributed by atoms with van der Waals surface area (Å²) < 4.78 is 10.8. The second-order valence-electron chi connectivity index (χ2n) is 8.56. The third-order valence-corrected chi connectivity index (χ3v) is 5.89. The lowest BCUT2D eigenvalue weighted by Gasteiger charge is -2.06. The number of furan rings is 2. The number of rotatable bonds is 18. The van der Waals surface area contributed by atoms with Crippen LogP contribution in [0.25, 0.3) is 11.2 Å². The third kappa shape index (κ3) is 8.12. The van der Waals surface area contributed by atoms with Gasteiger partial charge >= 0.3 is 5.97 Å². The molecule has 0 aromatic carbocycles. The molecule has 0 aliphatic rings. The molecule has 2 aromatic rings. The highest BCUT2D eigenvalue weighted by Crippen LogP contribution is 2.29. The molecule has 2 bridgehead atoms. The molecule has 0 aliphatic carbocycles. The zero-order chi connectivity index (χ0) is 21.6. The Morgan fingerprint density at radius 1 is 0.700 bits per heavy atom. The van der Waals surface area contributed by atoms with E-state index in [-0.39, 0.29) is 5.78 Å². The molecular weight excluding hydrogens is 376 g/mol. The van der Waals surface area contributed by atoms with E-state index in [1.807, 2.05) is 0 Å². The highest BCUT2D eigenvalue weighted by Gasteiger charge is 2.26. The molecule has 2 rings (SSSR count). The molecular formula is C26H40O4. The first-order valence-electron chi connectivity index (χ1n) is 12.2. The minimum atomic E-state index is -0.445. The number of hydrogen-bond acceptors (Lipinski definition) is 4. The van der Waals surface area contributed by atoms with Crippen molar-refractivity contribution in [2.45, 2.75) is 110 Å². The largest absolute Gasteiger partial charge is 0.462 e. The number of esters is 1. The highest BCUT2D eigenvalue weighted by molar-refractivity contribution is 6.14. The van der Waals surface area contributed by atoms with Gasteiger partial charge in [0.05, 0.1) is 12.2 Å². The standard InChI is InChI=1S/C26H40O4/c1-3-4-5-6-7-8-9-10-11-12-13-14-15-16-17-20-29-26(28)25-23-19-18-22(30-23)24(25)21(2)27/h18-19H,3-17,20H2,1-2H3. The quantitative estimate of drug-likeness (QED) is 0.140. The van der Waals surface area contributed by atoms with Crippen molar-refractivity contribution in [2.24, 2.45) is 0 Å². The maximum atomic E-state index is 12.3. The summed E-state index contributed by atoms with van der Waals surface area (Å²) in [5, 5.41) is 0. The van der Waals surface area contributed by atoms with Crippen LogP contribution in [0.1, 0.15) is 131 Å². The molecule has 0 saturated heterocycles. The maximum Gasteiger partial charge on any atom is 0.342 e. The first-order valence-corrected chi connectivity index (χ1v) is 12.2. The van der Waals surface area contributed by atoms with Crippen LogP contribution in [0.3, 0.4) is 0 Å². The summed E-state index contributed by atoms with van der Waals surface area (Å²) in [6, 6.07) is 3.43. The molecule has 0 saturated carbocycles. The Morgan fingerprint density at radius 2 is 1.13 bits per heavy atom. The molecule has 0 radical (unpaired) electrons. The summed E-state index contributed by atoms with van der Waals surface area (Å²) in [5.41, 5.74) is 1.56. The minimum absolute atomic E-state index is 0.164. The van der Waals surface area contributed by atoms with Crippen LogP contribution in [0, 0.1) is 0 Å². The summed E-state index contributed by atoms with van der Waals surface area (Å²) in [5.74, 6) is -0.608. The fourth-order valence-corrected chi connectivity index (χ4v) is 4.12. The summed E-state index contributed by atoms with van der Waals surface area (Å²) in [4.78, 5) is 24.1. The molecule has 0 unspecified atom stereocenters. The van der Waals surface area contributed by atoms with Crippen LogP contribution >= 0.6 is 0 Å². The van der Waals surface area contributed by atoms with Gasteiger partial charge in [-0.25, -0.2) is 4.79 Å². The molecule has 0 atom stereocenters. The van der Waals surface area contributed by atoms with Gasteiger partial charge in [-0.2, -0.15) is 0 Å². The predicted octanol–water partition coefficient (Wildman–Crippen LogP) is 8.10. The average Bonchev–Trinajstić information content (AvgIpc) is 3.35. The average molecular weight is 417 g/mol. The molecule has 0 spiro atoms. The van der Waals surface area contributed by atoms with Crippen molar-refractivity contribution in [3.05, 3.63) is 23.3 Å². The smallest absolute Gasteiger partial charge is 0.342 e. The molecule has 30 heavy (non-hydrogen) atoms. The third-order valence-electron chi connectivity index (χ3n) is 5.89. The first-order chi connectivity index (χ1) is 14.6. The Balaban J connectivity index is 1.41. The fourth-order valence-electron chi connectivity index (χ4n) is 4.12.